The summed E-state index contributed by atoms with van der Waals surface area (Å²) in [6, 6.07) is 11.7. The topological polar surface area (TPSA) is 96.0 Å². The number of rotatable bonds is 8. The molecule has 0 aliphatic carbocycles. The number of nitrogens with zero attached hydrogens (tertiary/aromatic N) is 2. The number of benzene rings is 2. The van der Waals surface area contributed by atoms with Crippen LogP contribution in [0.25, 0.3) is 0 Å². The third-order valence-electron chi connectivity index (χ3n) is 5.34. The van der Waals surface area contributed by atoms with Crippen LogP contribution in [0.5, 0.6) is 0 Å². The van der Waals surface area contributed by atoms with Gasteiger partial charge in [-0.2, -0.15) is 4.31 Å². The van der Waals surface area contributed by atoms with E-state index in [1.807, 2.05) is 11.8 Å². The summed E-state index contributed by atoms with van der Waals surface area (Å²) >= 11 is 0. The Balaban J connectivity index is 1.65. The van der Waals surface area contributed by atoms with Crippen LogP contribution in [0.2, 0.25) is 0 Å². The third-order valence-corrected chi connectivity index (χ3v) is 7.23. The normalized spacial score (nSPS) is 15.7. The molecule has 0 bridgehead atoms. The molecule has 3 rings (SSSR count). The number of ether oxygens (including phenoxy) is 1. The van der Waals surface area contributed by atoms with Crippen molar-refractivity contribution in [2.75, 3.05) is 37.6 Å². The van der Waals surface area contributed by atoms with E-state index in [-0.39, 0.29) is 29.4 Å². The Labute approximate surface area is 193 Å². The number of sulfonamides is 1. The van der Waals surface area contributed by atoms with Crippen LogP contribution < -0.4 is 10.2 Å². The smallest absolute Gasteiger partial charge is 0.338 e. The van der Waals surface area contributed by atoms with E-state index in [1.165, 1.54) is 47.6 Å². The van der Waals surface area contributed by atoms with Crippen LogP contribution in [0, 0.1) is 5.82 Å². The second kappa shape index (κ2) is 10.8. The van der Waals surface area contributed by atoms with E-state index in [2.05, 4.69) is 5.32 Å². The SMILES string of the molecule is CCCNC(=O)C(C)OC(=O)c1cccc(S(=O)(=O)N2CCN(c3ccc(F)cc3)CC2)c1. The molecule has 0 radical (unpaired) electrons. The number of halogens is 1. The van der Waals surface area contributed by atoms with Crippen molar-refractivity contribution in [3.63, 3.8) is 0 Å². The van der Waals surface area contributed by atoms with Gasteiger partial charge in [0.1, 0.15) is 5.82 Å². The molecular formula is C23H28FN3O5S. The molecule has 1 N–H and O–H groups in total. The molecule has 1 fully saturated rings. The van der Waals surface area contributed by atoms with Crippen molar-refractivity contribution in [2.45, 2.75) is 31.3 Å². The molecule has 1 aliphatic heterocycles. The second-order valence-corrected chi connectivity index (χ2v) is 9.67. The van der Waals surface area contributed by atoms with E-state index in [9.17, 15) is 22.4 Å². The zero-order valence-electron chi connectivity index (χ0n) is 18.7. The van der Waals surface area contributed by atoms with Crippen LogP contribution in [0.1, 0.15) is 30.6 Å². The summed E-state index contributed by atoms with van der Waals surface area (Å²) in [5.41, 5.74) is 0.881. The molecule has 2 aromatic rings. The zero-order chi connectivity index (χ0) is 24.0. The Morgan fingerprint density at radius 3 is 2.39 bits per heavy atom. The van der Waals surface area contributed by atoms with Crippen molar-refractivity contribution >= 4 is 27.6 Å². The van der Waals surface area contributed by atoms with Gasteiger partial charge in [-0.15, -0.1) is 0 Å². The van der Waals surface area contributed by atoms with Crippen LogP contribution in [0.3, 0.4) is 0 Å². The monoisotopic (exact) mass is 477 g/mol. The highest BCUT2D eigenvalue weighted by Crippen LogP contribution is 2.22. The molecule has 33 heavy (non-hydrogen) atoms. The number of nitrogens with one attached hydrogen (secondary N) is 1. The molecule has 1 atom stereocenters. The Morgan fingerprint density at radius 1 is 1.09 bits per heavy atom. The minimum Gasteiger partial charge on any atom is -0.449 e. The first kappa shape index (κ1) is 24.7. The van der Waals surface area contributed by atoms with Gasteiger partial charge in [0.15, 0.2) is 6.10 Å². The summed E-state index contributed by atoms with van der Waals surface area (Å²) in [5, 5.41) is 2.64. The predicted molar refractivity (Wildman–Crippen MR) is 122 cm³/mol. The van der Waals surface area contributed by atoms with E-state index in [0.717, 1.165) is 12.1 Å². The van der Waals surface area contributed by atoms with Crippen molar-refractivity contribution in [1.29, 1.82) is 0 Å². The van der Waals surface area contributed by atoms with Gasteiger partial charge in [0.25, 0.3) is 5.91 Å². The maximum Gasteiger partial charge on any atom is 0.338 e. The predicted octanol–water partition coefficient (Wildman–Crippen LogP) is 2.41. The maximum atomic E-state index is 13.1. The summed E-state index contributed by atoms with van der Waals surface area (Å²) in [4.78, 5) is 26.4. The maximum absolute atomic E-state index is 13.1. The lowest BCUT2D eigenvalue weighted by atomic mass is 10.2. The van der Waals surface area contributed by atoms with Crippen molar-refractivity contribution in [3.8, 4) is 0 Å². The molecular weight excluding hydrogens is 449 g/mol. The van der Waals surface area contributed by atoms with Gasteiger partial charge < -0.3 is 15.0 Å². The average Bonchev–Trinajstić information content (AvgIpc) is 2.83. The molecule has 8 nitrogen and oxygen atoms in total. The minimum absolute atomic E-state index is 0.0183. The van der Waals surface area contributed by atoms with Crippen LogP contribution in [0.4, 0.5) is 10.1 Å². The lowest BCUT2D eigenvalue weighted by Gasteiger charge is -2.35. The summed E-state index contributed by atoms with van der Waals surface area (Å²) in [5.74, 6) is -1.50. The molecule has 1 aliphatic rings. The molecule has 1 saturated heterocycles. The van der Waals surface area contributed by atoms with Crippen molar-refractivity contribution in [2.24, 2.45) is 0 Å². The summed E-state index contributed by atoms with van der Waals surface area (Å²) in [6.07, 6.45) is -0.242. The number of amides is 1. The number of esters is 1. The Morgan fingerprint density at radius 2 is 1.76 bits per heavy atom. The quantitative estimate of drug-likeness (QED) is 0.587. The van der Waals surface area contributed by atoms with Crippen LogP contribution in [-0.4, -0.2) is 63.4 Å². The van der Waals surface area contributed by atoms with E-state index in [0.29, 0.717) is 19.6 Å². The molecule has 1 amide bonds. The van der Waals surface area contributed by atoms with Crippen LogP contribution in [0.15, 0.2) is 53.4 Å². The van der Waals surface area contributed by atoms with Gasteiger partial charge in [-0.3, -0.25) is 4.79 Å². The molecule has 178 valence electrons. The highest BCUT2D eigenvalue weighted by atomic mass is 32.2. The molecule has 0 spiro atoms. The lowest BCUT2D eigenvalue weighted by Crippen LogP contribution is -2.48. The van der Waals surface area contributed by atoms with Gasteiger partial charge in [0, 0.05) is 38.4 Å². The molecule has 0 saturated carbocycles. The molecule has 2 aromatic carbocycles. The summed E-state index contributed by atoms with van der Waals surface area (Å²) in [6.45, 7) is 5.26. The Hall–Kier alpha value is -2.98. The summed E-state index contributed by atoms with van der Waals surface area (Å²) < 4.78 is 46.0. The number of anilines is 1. The molecule has 0 aromatic heterocycles. The highest BCUT2D eigenvalue weighted by Gasteiger charge is 2.29. The largest absolute Gasteiger partial charge is 0.449 e. The van der Waals surface area contributed by atoms with Gasteiger partial charge in [-0.05, 0) is 55.8 Å². The minimum atomic E-state index is -3.83. The van der Waals surface area contributed by atoms with E-state index >= 15 is 0 Å². The second-order valence-electron chi connectivity index (χ2n) is 7.73. The summed E-state index contributed by atoms with van der Waals surface area (Å²) in [7, 11) is -3.83. The number of hydrogen-bond donors (Lipinski definition) is 1. The van der Waals surface area contributed by atoms with Crippen molar-refractivity contribution < 1.29 is 27.1 Å². The fraction of sp³-hybridized carbons (Fsp3) is 0.391. The van der Waals surface area contributed by atoms with Gasteiger partial charge in [-0.1, -0.05) is 13.0 Å². The van der Waals surface area contributed by atoms with E-state index in [1.54, 1.807) is 12.1 Å². The standard InChI is InChI=1S/C23H28FN3O5S/c1-3-11-25-22(28)17(2)32-23(29)18-5-4-6-21(16-18)33(30,31)27-14-12-26(13-15-27)20-9-7-19(24)8-10-20/h4-10,16-17H,3,11-15H2,1-2H3,(H,25,28). The molecule has 10 heteroatoms. The fourth-order valence-electron chi connectivity index (χ4n) is 3.45. The lowest BCUT2D eigenvalue weighted by molar-refractivity contribution is -0.129. The Kier molecular flexibility index (Phi) is 8.04. The molecule has 1 heterocycles. The van der Waals surface area contributed by atoms with Crippen molar-refractivity contribution in [1.82, 2.24) is 9.62 Å². The van der Waals surface area contributed by atoms with Crippen LogP contribution in [-0.2, 0) is 19.6 Å². The van der Waals surface area contributed by atoms with Gasteiger partial charge >= 0.3 is 5.97 Å². The first-order valence-corrected chi connectivity index (χ1v) is 12.3. The number of piperazine rings is 1. The first-order valence-electron chi connectivity index (χ1n) is 10.8. The zero-order valence-corrected chi connectivity index (χ0v) is 19.5. The third kappa shape index (κ3) is 6.08. The molecule has 1 unspecified atom stereocenters. The van der Waals surface area contributed by atoms with E-state index < -0.39 is 28.0 Å². The average molecular weight is 478 g/mol. The fourth-order valence-corrected chi connectivity index (χ4v) is 4.91. The van der Waals surface area contributed by atoms with Crippen molar-refractivity contribution in [3.05, 3.63) is 59.9 Å². The van der Waals surface area contributed by atoms with Gasteiger partial charge in [-0.25, -0.2) is 17.6 Å². The first-order chi connectivity index (χ1) is 15.7. The highest BCUT2D eigenvalue weighted by molar-refractivity contribution is 7.89. The number of carbonyl (C=O) groups is 2. The number of carbonyl (C=O) groups excluding carboxylic acids is 2. The number of hydrogen-bond acceptors (Lipinski definition) is 6. The van der Waals surface area contributed by atoms with E-state index in [4.69, 9.17) is 4.74 Å². The van der Waals surface area contributed by atoms with Gasteiger partial charge in [0.2, 0.25) is 10.0 Å². The Bertz CT molecular complexity index is 1080. The van der Waals surface area contributed by atoms with Gasteiger partial charge in [0.05, 0.1) is 10.5 Å². The van der Waals surface area contributed by atoms with Crippen LogP contribution >= 0.6 is 0 Å².